The molecule has 2 amide bonds. The molecule has 1 fully saturated rings. The van der Waals surface area contributed by atoms with Crippen molar-refractivity contribution < 1.29 is 19.1 Å². The van der Waals surface area contributed by atoms with Crippen LogP contribution in [0, 0.1) is 5.41 Å². The van der Waals surface area contributed by atoms with Crippen LogP contribution in [0.2, 0.25) is 0 Å². The summed E-state index contributed by atoms with van der Waals surface area (Å²) in [5.41, 5.74) is 4.80. The minimum Gasteiger partial charge on any atom is -0.392 e. The molecule has 1 rings (SSSR count). The number of hydrogen-bond donors (Lipinski definition) is 3. The van der Waals surface area contributed by atoms with Crippen LogP contribution < -0.4 is 16.4 Å². The largest absolute Gasteiger partial charge is 0.392 e. The van der Waals surface area contributed by atoms with E-state index in [1.807, 2.05) is 0 Å². The van der Waals surface area contributed by atoms with Crippen LogP contribution in [0.25, 0.3) is 0 Å². The SMILES string of the molecule is COCCNC(=O)CNC(=O)C1(C(N)=S)CCOCC1. The molecule has 0 bridgehead atoms. The summed E-state index contributed by atoms with van der Waals surface area (Å²) >= 11 is 5.01. The van der Waals surface area contributed by atoms with Gasteiger partial charge < -0.3 is 25.8 Å². The van der Waals surface area contributed by atoms with Crippen molar-refractivity contribution >= 4 is 29.0 Å². The number of ether oxygens (including phenoxy) is 2. The van der Waals surface area contributed by atoms with Crippen molar-refractivity contribution in [1.29, 1.82) is 0 Å². The maximum absolute atomic E-state index is 12.3. The second-order valence-electron chi connectivity index (χ2n) is 4.58. The predicted molar refractivity (Wildman–Crippen MR) is 77.2 cm³/mol. The Kier molecular flexibility index (Phi) is 6.83. The Morgan fingerprint density at radius 3 is 2.55 bits per heavy atom. The number of nitrogens with two attached hydrogens (primary N) is 1. The van der Waals surface area contributed by atoms with E-state index in [2.05, 4.69) is 10.6 Å². The van der Waals surface area contributed by atoms with E-state index in [0.29, 0.717) is 39.2 Å². The number of thiocarbonyl (C=S) groups is 1. The molecule has 0 aromatic rings. The fourth-order valence-corrected chi connectivity index (χ4v) is 2.29. The highest BCUT2D eigenvalue weighted by molar-refractivity contribution is 7.80. The van der Waals surface area contributed by atoms with Gasteiger partial charge in [-0.2, -0.15) is 0 Å². The van der Waals surface area contributed by atoms with Gasteiger partial charge in [0.1, 0.15) is 5.41 Å². The smallest absolute Gasteiger partial charge is 0.239 e. The van der Waals surface area contributed by atoms with Crippen LogP contribution in [-0.2, 0) is 19.1 Å². The third-order valence-corrected chi connectivity index (χ3v) is 3.68. The number of carbonyl (C=O) groups excluding carboxylic acids is 2. The summed E-state index contributed by atoms with van der Waals surface area (Å²) in [5, 5.41) is 5.20. The van der Waals surface area contributed by atoms with Gasteiger partial charge in [-0.15, -0.1) is 0 Å². The van der Waals surface area contributed by atoms with Gasteiger partial charge in [0, 0.05) is 26.9 Å². The van der Waals surface area contributed by atoms with E-state index in [1.54, 1.807) is 7.11 Å². The quantitative estimate of drug-likeness (QED) is 0.410. The Bertz CT molecular complexity index is 370. The molecule has 0 aliphatic carbocycles. The van der Waals surface area contributed by atoms with E-state index in [1.165, 1.54) is 0 Å². The molecular formula is C12H21N3O4S. The summed E-state index contributed by atoms with van der Waals surface area (Å²) in [6, 6.07) is 0. The first kappa shape index (κ1) is 16.8. The molecule has 20 heavy (non-hydrogen) atoms. The second-order valence-corrected chi connectivity index (χ2v) is 5.02. The topological polar surface area (TPSA) is 103 Å². The van der Waals surface area contributed by atoms with Gasteiger partial charge in [0.25, 0.3) is 0 Å². The Morgan fingerprint density at radius 1 is 1.35 bits per heavy atom. The van der Waals surface area contributed by atoms with Crippen molar-refractivity contribution in [2.75, 3.05) is 40.0 Å². The molecule has 8 heteroatoms. The van der Waals surface area contributed by atoms with E-state index in [9.17, 15) is 9.59 Å². The lowest BCUT2D eigenvalue weighted by Crippen LogP contribution is -2.53. The Balaban J connectivity index is 2.47. The number of methoxy groups -OCH3 is 1. The van der Waals surface area contributed by atoms with E-state index in [-0.39, 0.29) is 23.3 Å². The molecular weight excluding hydrogens is 282 g/mol. The molecule has 0 saturated carbocycles. The fraction of sp³-hybridized carbons (Fsp3) is 0.750. The van der Waals surface area contributed by atoms with Gasteiger partial charge in [0.2, 0.25) is 11.8 Å². The van der Waals surface area contributed by atoms with Gasteiger partial charge in [-0.3, -0.25) is 9.59 Å². The van der Waals surface area contributed by atoms with Crippen molar-refractivity contribution in [2.24, 2.45) is 11.1 Å². The zero-order valence-electron chi connectivity index (χ0n) is 11.6. The lowest BCUT2D eigenvalue weighted by Gasteiger charge is -2.34. The predicted octanol–water partition coefficient (Wildman–Crippen LogP) is -1.05. The molecule has 7 nitrogen and oxygen atoms in total. The van der Waals surface area contributed by atoms with Crippen molar-refractivity contribution in [3.63, 3.8) is 0 Å². The highest BCUT2D eigenvalue weighted by Gasteiger charge is 2.42. The van der Waals surface area contributed by atoms with Gasteiger partial charge >= 0.3 is 0 Å². The maximum Gasteiger partial charge on any atom is 0.239 e. The average molecular weight is 303 g/mol. The first-order valence-corrected chi connectivity index (χ1v) is 6.85. The number of amides is 2. The third kappa shape index (κ3) is 4.39. The van der Waals surface area contributed by atoms with E-state index < -0.39 is 5.41 Å². The molecule has 0 radical (unpaired) electrons. The normalized spacial score (nSPS) is 17.2. The minimum absolute atomic E-state index is 0.103. The molecule has 1 aliphatic rings. The molecule has 0 atom stereocenters. The molecule has 0 aromatic heterocycles. The van der Waals surface area contributed by atoms with Crippen LogP contribution in [0.15, 0.2) is 0 Å². The summed E-state index contributed by atoms with van der Waals surface area (Å²) in [4.78, 5) is 23.9. The van der Waals surface area contributed by atoms with Crippen LogP contribution in [0.3, 0.4) is 0 Å². The average Bonchev–Trinajstić information content (AvgIpc) is 2.45. The maximum atomic E-state index is 12.3. The summed E-state index contributed by atoms with van der Waals surface area (Å²) in [5.74, 6) is -0.587. The van der Waals surface area contributed by atoms with E-state index >= 15 is 0 Å². The van der Waals surface area contributed by atoms with E-state index in [4.69, 9.17) is 27.4 Å². The third-order valence-electron chi connectivity index (χ3n) is 3.29. The lowest BCUT2D eigenvalue weighted by molar-refractivity contribution is -0.133. The van der Waals surface area contributed by atoms with Crippen LogP contribution in [0.5, 0.6) is 0 Å². The number of nitrogens with one attached hydrogen (secondary N) is 2. The Morgan fingerprint density at radius 2 is 2.00 bits per heavy atom. The van der Waals surface area contributed by atoms with Gasteiger partial charge in [-0.05, 0) is 12.8 Å². The highest BCUT2D eigenvalue weighted by atomic mass is 32.1. The fourth-order valence-electron chi connectivity index (χ4n) is 1.99. The summed E-state index contributed by atoms with van der Waals surface area (Å²) in [7, 11) is 1.55. The molecule has 1 aliphatic heterocycles. The molecule has 1 saturated heterocycles. The van der Waals surface area contributed by atoms with Gasteiger partial charge in [0.15, 0.2) is 0 Å². The van der Waals surface area contributed by atoms with Crippen LogP contribution >= 0.6 is 12.2 Å². The lowest BCUT2D eigenvalue weighted by atomic mass is 9.79. The summed E-state index contributed by atoms with van der Waals surface area (Å²) in [6.45, 7) is 1.59. The molecule has 114 valence electrons. The summed E-state index contributed by atoms with van der Waals surface area (Å²) in [6.07, 6.45) is 0.888. The number of carbonyl (C=O) groups is 2. The molecule has 4 N–H and O–H groups in total. The first-order chi connectivity index (χ1) is 9.53. The zero-order chi connectivity index (χ0) is 15.0. The van der Waals surface area contributed by atoms with Crippen molar-refractivity contribution in [1.82, 2.24) is 10.6 Å². The van der Waals surface area contributed by atoms with Gasteiger partial charge in [-0.1, -0.05) is 12.2 Å². The Hall–Kier alpha value is -1.25. The molecule has 0 spiro atoms. The van der Waals surface area contributed by atoms with Crippen molar-refractivity contribution in [2.45, 2.75) is 12.8 Å². The minimum atomic E-state index is -0.902. The van der Waals surface area contributed by atoms with Crippen molar-refractivity contribution in [3.05, 3.63) is 0 Å². The zero-order valence-corrected chi connectivity index (χ0v) is 12.4. The Labute approximate surface area is 123 Å². The van der Waals surface area contributed by atoms with Gasteiger partial charge in [-0.25, -0.2) is 0 Å². The second kappa shape index (κ2) is 8.13. The summed E-state index contributed by atoms with van der Waals surface area (Å²) < 4.78 is 10.0. The van der Waals surface area contributed by atoms with Crippen molar-refractivity contribution in [3.8, 4) is 0 Å². The number of rotatable bonds is 7. The standard InChI is InChI=1S/C12H21N3O4S/c1-18-7-4-14-9(16)8-15-11(17)12(10(13)20)2-5-19-6-3-12/h2-8H2,1H3,(H2,13,20)(H,14,16)(H,15,17). The van der Waals surface area contributed by atoms with E-state index in [0.717, 1.165) is 0 Å². The highest BCUT2D eigenvalue weighted by Crippen LogP contribution is 2.31. The molecule has 0 unspecified atom stereocenters. The number of hydrogen-bond acceptors (Lipinski definition) is 5. The van der Waals surface area contributed by atoms with Gasteiger partial charge in [0.05, 0.1) is 18.1 Å². The first-order valence-electron chi connectivity index (χ1n) is 6.44. The van der Waals surface area contributed by atoms with Crippen LogP contribution in [0.4, 0.5) is 0 Å². The molecule has 0 aromatic carbocycles. The van der Waals surface area contributed by atoms with Crippen LogP contribution in [0.1, 0.15) is 12.8 Å². The monoisotopic (exact) mass is 303 g/mol. The molecule has 1 heterocycles. The van der Waals surface area contributed by atoms with Crippen LogP contribution in [-0.4, -0.2) is 56.8 Å².